The predicted molar refractivity (Wildman–Crippen MR) is 195 cm³/mol. The number of hydrogen-bond acceptors (Lipinski definition) is 14. The summed E-state index contributed by atoms with van der Waals surface area (Å²) in [7, 11) is 1.74. The third kappa shape index (κ3) is 9.25. The number of pyridine rings is 1. The number of ether oxygens (including phenoxy) is 2. The number of β-lactam (4-membered cyclic amide) rings is 1. The maximum Gasteiger partial charge on any atom is 0.352 e. The van der Waals surface area contributed by atoms with Gasteiger partial charge >= 0.3 is 35.8 Å². The number of esters is 2. The molecule has 0 spiro atoms. The Bertz CT molecular complexity index is 2040. The molecular formula is C34H37IN8O12S2. The smallest absolute Gasteiger partial charge is 0.352 e. The Balaban J connectivity index is 0.00000720. The Morgan fingerprint density at radius 2 is 1.70 bits per heavy atom. The number of carbonyl (C=O) groups is 9. The van der Waals surface area contributed by atoms with Gasteiger partial charge in [0.1, 0.15) is 17.1 Å². The number of aliphatic carboxylic acids is 1. The summed E-state index contributed by atoms with van der Waals surface area (Å²) >= 11 is 2.41. The van der Waals surface area contributed by atoms with E-state index in [0.29, 0.717) is 10.5 Å². The van der Waals surface area contributed by atoms with Gasteiger partial charge < -0.3 is 59.4 Å². The van der Waals surface area contributed by atoms with E-state index in [1.807, 2.05) is 12.1 Å². The van der Waals surface area contributed by atoms with Crippen LogP contribution in [0.5, 0.6) is 11.5 Å². The van der Waals surface area contributed by atoms with E-state index < -0.39 is 64.6 Å². The third-order valence-electron chi connectivity index (χ3n) is 8.71. The molecule has 3 aliphatic heterocycles. The zero-order valence-corrected chi connectivity index (χ0v) is 34.5. The van der Waals surface area contributed by atoms with Crippen molar-refractivity contribution < 1.29 is 86.4 Å². The standard InChI is InChI=1S/C34H36N8O12S2.HI/c1-5-39-12-13-41(29(48)28(39)47)33(52)37-25(20-6-7-23(53-18(2)44)24(14-20)54-19(3)45)27(46)38-34(36-17-43)31(51)42-26(30(49)50)21(16-56-32(34)42)15-55-22-8-10-40(35-4)11-9-22;/h6-11,14,17,25,32,35H,5,12-13,15-16H2,1-4H3,(H3-,36,37,38,43,46,49,50,52);1H/t25-,32-,34-;/m1./s1. The number of imide groups is 1. The van der Waals surface area contributed by atoms with Crippen LogP contribution in [0.25, 0.3) is 0 Å². The molecule has 3 atom stereocenters. The maximum absolute atomic E-state index is 14.3. The molecular weight excluding hydrogens is 903 g/mol. The predicted octanol–water partition coefficient (Wildman–Crippen LogP) is -3.95. The number of thioether (sulfide) groups is 2. The van der Waals surface area contributed by atoms with E-state index in [2.05, 4.69) is 21.4 Å². The second-order valence-corrected chi connectivity index (χ2v) is 14.3. The fourth-order valence-electron chi connectivity index (χ4n) is 6.05. The van der Waals surface area contributed by atoms with Gasteiger partial charge in [-0.25, -0.2) is 9.59 Å². The molecule has 23 heteroatoms. The van der Waals surface area contributed by atoms with Crippen LogP contribution in [0.1, 0.15) is 32.4 Å². The second-order valence-electron chi connectivity index (χ2n) is 12.2. The number of nitrogens with zero attached hydrogens (tertiary/aromatic N) is 4. The molecule has 2 saturated heterocycles. The van der Waals surface area contributed by atoms with Gasteiger partial charge in [-0.05, 0) is 30.2 Å². The highest BCUT2D eigenvalue weighted by molar-refractivity contribution is 8.01. The van der Waals surface area contributed by atoms with E-state index in [9.17, 15) is 48.3 Å². The number of nitrogens with one attached hydrogen (secondary N) is 4. The molecule has 0 saturated carbocycles. The number of benzene rings is 1. The summed E-state index contributed by atoms with van der Waals surface area (Å²) < 4.78 is 12.0. The summed E-state index contributed by atoms with van der Waals surface area (Å²) in [6.45, 7) is 3.79. The number of halogens is 1. The largest absolute Gasteiger partial charge is 1.00 e. The van der Waals surface area contributed by atoms with E-state index in [1.54, 1.807) is 31.0 Å². The lowest BCUT2D eigenvalue weighted by Crippen LogP contribution is -3.00. The zero-order chi connectivity index (χ0) is 40.9. The Morgan fingerprint density at radius 1 is 1.04 bits per heavy atom. The van der Waals surface area contributed by atoms with Gasteiger partial charge in [0.15, 0.2) is 11.5 Å². The fraction of sp³-hybridized carbons (Fsp3) is 0.353. The Hall–Kier alpha value is -5.43. The summed E-state index contributed by atoms with van der Waals surface area (Å²) in [4.78, 5) is 119. The lowest BCUT2D eigenvalue weighted by Gasteiger charge is -2.56. The molecule has 57 heavy (non-hydrogen) atoms. The van der Waals surface area contributed by atoms with Gasteiger partial charge in [-0.1, -0.05) is 10.7 Å². The molecule has 20 nitrogen and oxygen atoms in total. The van der Waals surface area contributed by atoms with E-state index in [0.717, 1.165) is 41.5 Å². The molecule has 2 fully saturated rings. The normalized spacial score (nSPS) is 19.3. The van der Waals surface area contributed by atoms with Gasteiger partial charge in [0.05, 0.1) is 7.05 Å². The second kappa shape index (κ2) is 18.7. The molecule has 5 rings (SSSR count). The van der Waals surface area contributed by atoms with Crippen LogP contribution in [0.3, 0.4) is 0 Å². The number of carboxylic acids is 1. The molecule has 4 heterocycles. The van der Waals surface area contributed by atoms with E-state index in [4.69, 9.17) is 9.47 Å². The minimum atomic E-state index is -2.22. The third-order valence-corrected chi connectivity index (χ3v) is 11.2. The van der Waals surface area contributed by atoms with Crippen molar-refractivity contribution in [2.75, 3.05) is 43.6 Å². The van der Waals surface area contributed by atoms with Crippen molar-refractivity contribution in [1.82, 2.24) is 30.7 Å². The molecule has 5 N–H and O–H groups in total. The van der Waals surface area contributed by atoms with Crippen LogP contribution in [0.2, 0.25) is 0 Å². The van der Waals surface area contributed by atoms with Crippen molar-refractivity contribution in [3.05, 3.63) is 59.6 Å². The summed E-state index contributed by atoms with van der Waals surface area (Å²) in [5.74, 6) is -7.57. The molecule has 0 bridgehead atoms. The summed E-state index contributed by atoms with van der Waals surface area (Å²) in [5, 5.41) is 16.3. The highest BCUT2D eigenvalue weighted by Gasteiger charge is 2.66. The van der Waals surface area contributed by atoms with Crippen LogP contribution >= 0.6 is 23.5 Å². The van der Waals surface area contributed by atoms with E-state index in [-0.39, 0.29) is 84.3 Å². The lowest BCUT2D eigenvalue weighted by atomic mass is 9.94. The Morgan fingerprint density at radius 3 is 2.30 bits per heavy atom. The number of fused-ring (bicyclic) bond motifs is 1. The van der Waals surface area contributed by atoms with Crippen LogP contribution in [-0.4, -0.2) is 123 Å². The quantitative estimate of drug-likeness (QED) is 0.0140. The minimum absolute atomic E-state index is 0. The molecule has 1 aromatic heterocycles. The topological polar surface area (TPSA) is 254 Å². The van der Waals surface area contributed by atoms with Crippen molar-refractivity contribution in [2.45, 2.75) is 42.7 Å². The van der Waals surface area contributed by atoms with Crippen LogP contribution in [0, 0.1) is 0 Å². The van der Waals surface area contributed by atoms with Gasteiger partial charge in [0.2, 0.25) is 30.4 Å². The number of likely N-dealkylation sites (N-methyl/N-ethyl adjacent to an activating group) is 1. The number of rotatable bonds is 14. The Labute approximate surface area is 350 Å². The average Bonchev–Trinajstić information content (AvgIpc) is 3.16. The lowest BCUT2D eigenvalue weighted by molar-refractivity contribution is -0.647. The van der Waals surface area contributed by atoms with Crippen molar-refractivity contribution in [3.63, 3.8) is 0 Å². The van der Waals surface area contributed by atoms with Gasteiger partial charge in [0, 0.05) is 62.0 Å². The molecule has 0 aliphatic carbocycles. The monoisotopic (exact) mass is 940 g/mol. The van der Waals surface area contributed by atoms with Crippen LogP contribution in [0.15, 0.2) is 58.9 Å². The van der Waals surface area contributed by atoms with Gasteiger partial charge in [-0.15, -0.1) is 23.5 Å². The number of piperazine rings is 1. The number of carboxylic acid groups (broad SMARTS) is 1. The first-order valence-electron chi connectivity index (χ1n) is 16.8. The number of amides is 7. The van der Waals surface area contributed by atoms with Gasteiger partial charge in [0.25, 0.3) is 5.91 Å². The van der Waals surface area contributed by atoms with Crippen molar-refractivity contribution in [3.8, 4) is 11.5 Å². The maximum atomic E-state index is 14.3. The number of carbonyl (C=O) groups excluding carboxylic acids is 8. The molecule has 7 amide bonds. The SMILES string of the molecule is CCN1CCN(C(=O)N[C@@H](C(=O)N[C@]2(NC=O)C(=O)N3C(C(=O)O)=C(CSc4cc[n+](NC)cc4)CS[C@@H]32)c2ccc(OC(C)=O)c(OC(C)=O)c2)C(=O)C1=O.[I-]. The molecule has 3 aliphatic rings. The van der Waals surface area contributed by atoms with Crippen molar-refractivity contribution in [1.29, 1.82) is 0 Å². The number of urea groups is 1. The fourth-order valence-corrected chi connectivity index (χ4v) is 8.50. The molecule has 1 aromatic carbocycles. The number of aromatic nitrogens is 1. The van der Waals surface area contributed by atoms with Gasteiger partial charge in [-0.2, -0.15) is 5.43 Å². The average molecular weight is 941 g/mol. The Kier molecular flexibility index (Phi) is 14.5. The molecule has 2 aromatic rings. The van der Waals surface area contributed by atoms with Crippen LogP contribution in [-0.2, 0) is 38.4 Å². The van der Waals surface area contributed by atoms with Crippen molar-refractivity contribution >= 4 is 77.5 Å². The minimum Gasteiger partial charge on any atom is -1.00 e. The molecule has 304 valence electrons. The number of hydrogen-bond donors (Lipinski definition) is 5. The first-order chi connectivity index (χ1) is 26.6. The summed E-state index contributed by atoms with van der Waals surface area (Å²) in [5.41, 5.74) is 0.670. The molecule has 0 unspecified atom stereocenters. The highest BCUT2D eigenvalue weighted by Crippen LogP contribution is 2.46. The summed E-state index contributed by atoms with van der Waals surface area (Å²) in [6.07, 6.45) is 3.69. The first-order valence-corrected chi connectivity index (χ1v) is 18.9. The van der Waals surface area contributed by atoms with Crippen LogP contribution in [0.4, 0.5) is 4.79 Å². The van der Waals surface area contributed by atoms with Crippen molar-refractivity contribution in [2.24, 2.45) is 0 Å². The first kappa shape index (κ1) is 44.3. The zero-order valence-electron chi connectivity index (χ0n) is 30.7. The van der Waals surface area contributed by atoms with Gasteiger partial charge in [-0.3, -0.25) is 43.4 Å². The van der Waals surface area contributed by atoms with E-state index in [1.165, 1.54) is 28.8 Å². The highest BCUT2D eigenvalue weighted by atomic mass is 127. The molecule has 0 radical (unpaired) electrons. The summed E-state index contributed by atoms with van der Waals surface area (Å²) in [6, 6.07) is 4.11. The van der Waals surface area contributed by atoms with E-state index >= 15 is 0 Å². The van der Waals surface area contributed by atoms with Crippen LogP contribution < -0.4 is 59.5 Å².